The van der Waals surface area contributed by atoms with Gasteiger partial charge >= 0.3 is 0 Å². The van der Waals surface area contributed by atoms with Crippen LogP contribution in [0.25, 0.3) is 0 Å². The zero-order valence-electron chi connectivity index (χ0n) is 9.09. The first kappa shape index (κ1) is 9.72. The van der Waals surface area contributed by atoms with Gasteiger partial charge in [-0.1, -0.05) is 44.5 Å². The van der Waals surface area contributed by atoms with Crippen molar-refractivity contribution in [3.05, 3.63) is 35.4 Å². The molecule has 1 fully saturated rings. The van der Waals surface area contributed by atoms with E-state index in [1.54, 1.807) is 0 Å². The minimum Gasteiger partial charge on any atom is -0.321 e. The fourth-order valence-corrected chi connectivity index (χ4v) is 2.29. The highest BCUT2D eigenvalue weighted by molar-refractivity contribution is 5.35. The van der Waals surface area contributed by atoms with Gasteiger partial charge in [0, 0.05) is 5.54 Å². The molecule has 1 aromatic carbocycles. The Morgan fingerprint density at radius 3 is 2.79 bits per heavy atom. The van der Waals surface area contributed by atoms with E-state index in [0.29, 0.717) is 5.92 Å². The monoisotopic (exact) mass is 189 g/mol. The molecule has 76 valence electrons. The molecule has 0 saturated heterocycles. The largest absolute Gasteiger partial charge is 0.321 e. The van der Waals surface area contributed by atoms with Crippen molar-refractivity contribution in [3.63, 3.8) is 0 Å². The van der Waals surface area contributed by atoms with Gasteiger partial charge in [-0.2, -0.15) is 0 Å². The fraction of sp³-hybridized carbons (Fsp3) is 0.538. The van der Waals surface area contributed by atoms with Crippen LogP contribution in [-0.4, -0.2) is 0 Å². The normalized spacial score (nSPS) is 30.4. The van der Waals surface area contributed by atoms with E-state index in [4.69, 9.17) is 5.73 Å². The fourth-order valence-electron chi connectivity index (χ4n) is 2.29. The minimum absolute atomic E-state index is 0.0000694. The summed E-state index contributed by atoms with van der Waals surface area (Å²) in [6.45, 7) is 4.41. The zero-order chi connectivity index (χ0) is 10.2. The van der Waals surface area contributed by atoms with Crippen LogP contribution < -0.4 is 5.73 Å². The standard InChI is InChI=1S/C13H19N/c1-3-10-6-5-7-12(8-10)13(14)9-11(13)4-2/h5-8,11H,3-4,9,14H2,1-2H3. The minimum atomic E-state index is -0.0000694. The van der Waals surface area contributed by atoms with Crippen molar-refractivity contribution in [2.75, 3.05) is 0 Å². The zero-order valence-corrected chi connectivity index (χ0v) is 9.09. The molecule has 2 rings (SSSR count). The SMILES string of the molecule is CCc1cccc(C2(N)CC2CC)c1. The van der Waals surface area contributed by atoms with Crippen molar-refractivity contribution in [1.29, 1.82) is 0 Å². The summed E-state index contributed by atoms with van der Waals surface area (Å²) in [4.78, 5) is 0. The third kappa shape index (κ3) is 1.46. The molecule has 2 unspecified atom stereocenters. The van der Waals surface area contributed by atoms with Crippen LogP contribution in [0.3, 0.4) is 0 Å². The summed E-state index contributed by atoms with van der Waals surface area (Å²) < 4.78 is 0. The molecule has 1 aromatic rings. The Kier molecular flexibility index (Phi) is 2.36. The van der Waals surface area contributed by atoms with Crippen LogP contribution in [0.4, 0.5) is 0 Å². The van der Waals surface area contributed by atoms with Gasteiger partial charge in [-0.25, -0.2) is 0 Å². The lowest BCUT2D eigenvalue weighted by molar-refractivity contribution is 0.614. The van der Waals surface area contributed by atoms with E-state index in [0.717, 1.165) is 12.8 Å². The molecular weight excluding hydrogens is 170 g/mol. The maximum absolute atomic E-state index is 6.35. The second-order valence-electron chi connectivity index (χ2n) is 4.40. The molecule has 0 aromatic heterocycles. The highest BCUT2D eigenvalue weighted by Crippen LogP contribution is 2.51. The van der Waals surface area contributed by atoms with Gasteiger partial charge in [-0.05, 0) is 29.9 Å². The molecule has 1 aliphatic rings. The number of hydrogen-bond donors (Lipinski definition) is 1. The quantitative estimate of drug-likeness (QED) is 0.777. The lowest BCUT2D eigenvalue weighted by atomic mass is 9.99. The Hall–Kier alpha value is -0.820. The van der Waals surface area contributed by atoms with Crippen LogP contribution in [0.5, 0.6) is 0 Å². The van der Waals surface area contributed by atoms with Crippen molar-refractivity contribution >= 4 is 0 Å². The molecule has 0 aliphatic heterocycles. The molecule has 0 spiro atoms. The predicted octanol–water partition coefficient (Wildman–Crippen LogP) is 2.83. The van der Waals surface area contributed by atoms with E-state index in [2.05, 4.69) is 38.1 Å². The van der Waals surface area contributed by atoms with Gasteiger partial charge in [0.05, 0.1) is 0 Å². The van der Waals surface area contributed by atoms with Gasteiger partial charge in [-0.3, -0.25) is 0 Å². The Morgan fingerprint density at radius 1 is 1.43 bits per heavy atom. The summed E-state index contributed by atoms with van der Waals surface area (Å²) in [7, 11) is 0. The molecule has 1 aliphatic carbocycles. The number of nitrogens with two attached hydrogens (primary N) is 1. The number of aryl methyl sites for hydroxylation is 1. The molecule has 14 heavy (non-hydrogen) atoms. The Balaban J connectivity index is 2.25. The van der Waals surface area contributed by atoms with Crippen LogP contribution in [0.1, 0.15) is 37.8 Å². The van der Waals surface area contributed by atoms with Crippen LogP contribution >= 0.6 is 0 Å². The van der Waals surface area contributed by atoms with E-state index in [1.807, 2.05) is 0 Å². The second-order valence-corrected chi connectivity index (χ2v) is 4.40. The average molecular weight is 189 g/mol. The third-order valence-corrected chi connectivity index (χ3v) is 3.52. The van der Waals surface area contributed by atoms with Crippen molar-refractivity contribution in [2.24, 2.45) is 11.7 Å². The second kappa shape index (κ2) is 3.39. The van der Waals surface area contributed by atoms with Gasteiger partial charge in [0.1, 0.15) is 0 Å². The smallest absolute Gasteiger partial charge is 0.0442 e. The van der Waals surface area contributed by atoms with Crippen molar-refractivity contribution in [3.8, 4) is 0 Å². The number of hydrogen-bond acceptors (Lipinski definition) is 1. The molecule has 0 bridgehead atoms. The molecule has 0 amide bonds. The topological polar surface area (TPSA) is 26.0 Å². The molecule has 1 nitrogen and oxygen atoms in total. The van der Waals surface area contributed by atoms with Gasteiger partial charge in [-0.15, -0.1) is 0 Å². The Morgan fingerprint density at radius 2 is 2.21 bits per heavy atom. The van der Waals surface area contributed by atoms with Crippen molar-refractivity contribution in [2.45, 2.75) is 38.6 Å². The van der Waals surface area contributed by atoms with Crippen LogP contribution in [0.2, 0.25) is 0 Å². The summed E-state index contributed by atoms with van der Waals surface area (Å²) in [5.74, 6) is 0.703. The highest BCUT2D eigenvalue weighted by atomic mass is 14.9. The molecular formula is C13H19N. The molecule has 0 radical (unpaired) electrons. The molecule has 0 heterocycles. The summed E-state index contributed by atoms with van der Waals surface area (Å²) >= 11 is 0. The molecule has 1 heteroatoms. The summed E-state index contributed by atoms with van der Waals surface area (Å²) in [6.07, 6.45) is 3.46. The average Bonchev–Trinajstić information content (AvgIpc) is 2.92. The summed E-state index contributed by atoms with van der Waals surface area (Å²) in [6, 6.07) is 8.76. The van der Waals surface area contributed by atoms with E-state index in [9.17, 15) is 0 Å². The van der Waals surface area contributed by atoms with Crippen LogP contribution in [-0.2, 0) is 12.0 Å². The lowest BCUT2D eigenvalue weighted by Gasteiger charge is -2.12. The highest BCUT2D eigenvalue weighted by Gasteiger charge is 2.50. The molecule has 1 saturated carbocycles. The van der Waals surface area contributed by atoms with Gasteiger partial charge in [0.25, 0.3) is 0 Å². The molecule has 2 N–H and O–H groups in total. The molecule has 2 atom stereocenters. The first-order chi connectivity index (χ1) is 6.70. The summed E-state index contributed by atoms with van der Waals surface area (Å²) in [5, 5.41) is 0. The number of rotatable bonds is 3. The third-order valence-electron chi connectivity index (χ3n) is 3.52. The van der Waals surface area contributed by atoms with E-state index < -0.39 is 0 Å². The van der Waals surface area contributed by atoms with Gasteiger partial charge in [0.2, 0.25) is 0 Å². The number of benzene rings is 1. The van der Waals surface area contributed by atoms with E-state index in [1.165, 1.54) is 17.5 Å². The van der Waals surface area contributed by atoms with E-state index in [-0.39, 0.29) is 5.54 Å². The maximum atomic E-state index is 6.35. The first-order valence-corrected chi connectivity index (χ1v) is 5.59. The van der Waals surface area contributed by atoms with Crippen molar-refractivity contribution < 1.29 is 0 Å². The van der Waals surface area contributed by atoms with Crippen LogP contribution in [0.15, 0.2) is 24.3 Å². The van der Waals surface area contributed by atoms with Crippen molar-refractivity contribution in [1.82, 2.24) is 0 Å². The van der Waals surface area contributed by atoms with Crippen LogP contribution in [0, 0.1) is 5.92 Å². The van der Waals surface area contributed by atoms with E-state index >= 15 is 0 Å². The first-order valence-electron chi connectivity index (χ1n) is 5.59. The van der Waals surface area contributed by atoms with Gasteiger partial charge in [0.15, 0.2) is 0 Å². The predicted molar refractivity (Wildman–Crippen MR) is 60.1 cm³/mol. The Bertz CT molecular complexity index is 332. The lowest BCUT2D eigenvalue weighted by Crippen LogP contribution is -2.22. The summed E-state index contributed by atoms with van der Waals surface area (Å²) in [5.41, 5.74) is 9.08. The maximum Gasteiger partial charge on any atom is 0.0442 e. The Labute approximate surface area is 86.3 Å². The van der Waals surface area contributed by atoms with Gasteiger partial charge < -0.3 is 5.73 Å².